The van der Waals surface area contributed by atoms with Gasteiger partial charge in [-0.05, 0) is 55.8 Å². The molecule has 0 aromatic heterocycles. The molecule has 0 radical (unpaired) electrons. The van der Waals surface area contributed by atoms with Gasteiger partial charge in [-0.2, -0.15) is 5.26 Å². The molecule has 2 amide bonds. The second kappa shape index (κ2) is 8.47. The number of aryl methyl sites for hydroxylation is 1. The zero-order valence-electron chi connectivity index (χ0n) is 15.3. The average Bonchev–Trinajstić information content (AvgIpc) is 2.98. The van der Waals surface area contributed by atoms with E-state index < -0.39 is 0 Å². The Morgan fingerprint density at radius 3 is 2.78 bits per heavy atom. The molecule has 27 heavy (non-hydrogen) atoms. The first-order valence-corrected chi connectivity index (χ1v) is 9.00. The minimum atomic E-state index is -0.307. The molecule has 3 rings (SSSR count). The molecular weight excluding hydrogens is 340 g/mol. The molecule has 0 atom stereocenters. The van der Waals surface area contributed by atoms with E-state index in [-0.39, 0.29) is 11.8 Å². The van der Waals surface area contributed by atoms with E-state index in [9.17, 15) is 9.59 Å². The molecule has 1 heterocycles. The van der Waals surface area contributed by atoms with E-state index in [1.807, 2.05) is 24.0 Å². The first kappa shape index (κ1) is 18.6. The lowest BCUT2D eigenvalue weighted by Gasteiger charge is -2.20. The van der Waals surface area contributed by atoms with Crippen LogP contribution in [0.3, 0.4) is 0 Å². The number of anilines is 1. The summed E-state index contributed by atoms with van der Waals surface area (Å²) in [6.45, 7) is 4.99. The molecule has 1 aliphatic heterocycles. The van der Waals surface area contributed by atoms with Gasteiger partial charge in [0.05, 0.1) is 11.6 Å². The van der Waals surface area contributed by atoms with Crippen molar-refractivity contribution in [1.29, 1.82) is 5.26 Å². The predicted molar refractivity (Wildman–Crippen MR) is 104 cm³/mol. The highest BCUT2D eigenvalue weighted by Gasteiger charge is 2.18. The van der Waals surface area contributed by atoms with Crippen LogP contribution in [-0.2, 0) is 0 Å². The smallest absolute Gasteiger partial charge is 0.255 e. The quantitative estimate of drug-likeness (QED) is 0.879. The van der Waals surface area contributed by atoms with Crippen LogP contribution in [-0.4, -0.2) is 42.9 Å². The zero-order chi connectivity index (χ0) is 19.2. The summed E-state index contributed by atoms with van der Waals surface area (Å²) in [5.41, 5.74) is 2.86. The summed E-state index contributed by atoms with van der Waals surface area (Å²) in [5, 5.41) is 15.1. The third kappa shape index (κ3) is 4.52. The van der Waals surface area contributed by atoms with Crippen molar-refractivity contribution in [2.75, 3.05) is 31.5 Å². The maximum atomic E-state index is 12.8. The van der Waals surface area contributed by atoms with E-state index in [4.69, 9.17) is 5.26 Å². The maximum absolute atomic E-state index is 12.8. The standard InChI is InChI=1S/C21H22N4O2/c1-15-6-7-18(21(27)25-10-3-8-23-9-11-25)13-19(15)24-20(26)17-5-2-4-16(12-17)14-22/h2,4-7,12-13,23H,3,8-11H2,1H3,(H,24,26). The molecule has 6 nitrogen and oxygen atoms in total. The van der Waals surface area contributed by atoms with Gasteiger partial charge < -0.3 is 15.5 Å². The number of rotatable bonds is 3. The Kier molecular flexibility index (Phi) is 5.84. The summed E-state index contributed by atoms with van der Waals surface area (Å²) in [4.78, 5) is 27.2. The van der Waals surface area contributed by atoms with E-state index >= 15 is 0 Å². The highest BCUT2D eigenvalue weighted by atomic mass is 16.2. The third-order valence-corrected chi connectivity index (χ3v) is 4.61. The van der Waals surface area contributed by atoms with E-state index in [0.717, 1.165) is 31.6 Å². The van der Waals surface area contributed by atoms with Crippen molar-refractivity contribution in [2.45, 2.75) is 13.3 Å². The number of amides is 2. The molecular formula is C21H22N4O2. The summed E-state index contributed by atoms with van der Waals surface area (Å²) in [6, 6.07) is 13.9. The fourth-order valence-electron chi connectivity index (χ4n) is 3.05. The molecule has 1 saturated heterocycles. The lowest BCUT2D eigenvalue weighted by atomic mass is 10.1. The molecule has 2 aromatic rings. The minimum Gasteiger partial charge on any atom is -0.337 e. The molecule has 138 valence electrons. The van der Waals surface area contributed by atoms with Crippen molar-refractivity contribution < 1.29 is 9.59 Å². The average molecular weight is 362 g/mol. The van der Waals surface area contributed by atoms with E-state index in [0.29, 0.717) is 28.9 Å². The SMILES string of the molecule is Cc1ccc(C(=O)N2CCCNCC2)cc1NC(=O)c1cccc(C#N)c1. The molecule has 0 bridgehead atoms. The highest BCUT2D eigenvalue weighted by Crippen LogP contribution is 2.20. The van der Waals surface area contributed by atoms with Crippen LogP contribution in [0, 0.1) is 18.3 Å². The Bertz CT molecular complexity index is 893. The fourth-order valence-corrected chi connectivity index (χ4v) is 3.05. The third-order valence-electron chi connectivity index (χ3n) is 4.61. The topological polar surface area (TPSA) is 85.2 Å². The van der Waals surface area contributed by atoms with Gasteiger partial charge in [0.2, 0.25) is 0 Å². The molecule has 0 saturated carbocycles. The summed E-state index contributed by atoms with van der Waals surface area (Å²) in [5.74, 6) is -0.334. The zero-order valence-corrected chi connectivity index (χ0v) is 15.3. The monoisotopic (exact) mass is 362 g/mol. The van der Waals surface area contributed by atoms with Gasteiger partial charge in [-0.3, -0.25) is 9.59 Å². The summed E-state index contributed by atoms with van der Waals surface area (Å²) in [6.07, 6.45) is 0.927. The molecule has 2 N–H and O–H groups in total. The molecule has 1 fully saturated rings. The molecule has 0 spiro atoms. The number of carbonyl (C=O) groups is 2. The number of nitrogens with zero attached hydrogens (tertiary/aromatic N) is 2. The fraction of sp³-hybridized carbons (Fsp3) is 0.286. The van der Waals surface area contributed by atoms with Crippen LogP contribution >= 0.6 is 0 Å². The second-order valence-electron chi connectivity index (χ2n) is 6.57. The van der Waals surface area contributed by atoms with E-state index in [1.54, 1.807) is 36.4 Å². The number of nitrogens with one attached hydrogen (secondary N) is 2. The summed E-state index contributed by atoms with van der Waals surface area (Å²) in [7, 11) is 0. The Morgan fingerprint density at radius 2 is 1.96 bits per heavy atom. The van der Waals surface area contributed by atoms with Crippen LogP contribution in [0.25, 0.3) is 0 Å². The molecule has 6 heteroatoms. The van der Waals surface area contributed by atoms with Crippen molar-refractivity contribution in [3.63, 3.8) is 0 Å². The van der Waals surface area contributed by atoms with Crippen LogP contribution in [0.15, 0.2) is 42.5 Å². The minimum absolute atomic E-state index is 0.0272. The Labute approximate surface area is 158 Å². The van der Waals surface area contributed by atoms with Crippen LogP contribution in [0.5, 0.6) is 0 Å². The molecule has 1 aliphatic rings. The summed E-state index contributed by atoms with van der Waals surface area (Å²) >= 11 is 0. The van der Waals surface area contributed by atoms with Gasteiger partial charge in [-0.25, -0.2) is 0 Å². The first-order valence-electron chi connectivity index (χ1n) is 9.00. The normalized spacial score (nSPS) is 14.1. The van der Waals surface area contributed by atoms with Crippen molar-refractivity contribution in [2.24, 2.45) is 0 Å². The Morgan fingerprint density at radius 1 is 1.11 bits per heavy atom. The molecule has 0 aliphatic carbocycles. The van der Waals surface area contributed by atoms with Crippen LogP contribution in [0.1, 0.15) is 38.3 Å². The van der Waals surface area contributed by atoms with Gasteiger partial charge in [0.15, 0.2) is 0 Å². The van der Waals surface area contributed by atoms with Gasteiger partial charge in [-0.1, -0.05) is 12.1 Å². The summed E-state index contributed by atoms with van der Waals surface area (Å²) < 4.78 is 0. The number of carbonyl (C=O) groups excluding carboxylic acids is 2. The lowest BCUT2D eigenvalue weighted by Crippen LogP contribution is -2.34. The Balaban J connectivity index is 1.79. The lowest BCUT2D eigenvalue weighted by molar-refractivity contribution is 0.0766. The van der Waals surface area contributed by atoms with Crippen molar-refractivity contribution >= 4 is 17.5 Å². The van der Waals surface area contributed by atoms with Gasteiger partial charge in [-0.15, -0.1) is 0 Å². The van der Waals surface area contributed by atoms with Gasteiger partial charge in [0.25, 0.3) is 11.8 Å². The van der Waals surface area contributed by atoms with Crippen LogP contribution < -0.4 is 10.6 Å². The van der Waals surface area contributed by atoms with E-state index in [1.165, 1.54) is 0 Å². The first-order chi connectivity index (χ1) is 13.1. The largest absolute Gasteiger partial charge is 0.337 e. The maximum Gasteiger partial charge on any atom is 0.255 e. The number of hydrogen-bond donors (Lipinski definition) is 2. The van der Waals surface area contributed by atoms with Gasteiger partial charge in [0, 0.05) is 36.4 Å². The number of nitriles is 1. The molecule has 0 unspecified atom stereocenters. The van der Waals surface area contributed by atoms with Crippen LogP contribution in [0.4, 0.5) is 5.69 Å². The second-order valence-corrected chi connectivity index (χ2v) is 6.57. The number of benzene rings is 2. The van der Waals surface area contributed by atoms with Gasteiger partial charge >= 0.3 is 0 Å². The van der Waals surface area contributed by atoms with Crippen LogP contribution in [0.2, 0.25) is 0 Å². The van der Waals surface area contributed by atoms with Crippen molar-refractivity contribution in [3.05, 3.63) is 64.7 Å². The van der Waals surface area contributed by atoms with Crippen molar-refractivity contribution in [3.8, 4) is 6.07 Å². The van der Waals surface area contributed by atoms with E-state index in [2.05, 4.69) is 10.6 Å². The number of hydrogen-bond acceptors (Lipinski definition) is 4. The van der Waals surface area contributed by atoms with Gasteiger partial charge in [0.1, 0.15) is 0 Å². The predicted octanol–water partition coefficient (Wildman–Crippen LogP) is 2.55. The Hall–Kier alpha value is -3.17. The molecule has 2 aromatic carbocycles. The van der Waals surface area contributed by atoms with Crippen molar-refractivity contribution in [1.82, 2.24) is 10.2 Å². The highest BCUT2D eigenvalue weighted by molar-refractivity contribution is 6.05.